The summed E-state index contributed by atoms with van der Waals surface area (Å²) >= 11 is 0. The minimum atomic E-state index is -0.329. The molecule has 1 fully saturated rings. The summed E-state index contributed by atoms with van der Waals surface area (Å²) in [6, 6.07) is 7.63. The average Bonchev–Trinajstić information content (AvgIpc) is 3.05. The maximum Gasteiger partial charge on any atom is 0.274 e. The Balaban J connectivity index is 1.68. The van der Waals surface area contributed by atoms with Gasteiger partial charge in [0.05, 0.1) is 11.8 Å². The van der Waals surface area contributed by atoms with Crippen molar-refractivity contribution in [1.82, 2.24) is 14.7 Å². The van der Waals surface area contributed by atoms with Crippen molar-refractivity contribution in [3.05, 3.63) is 48.0 Å². The van der Waals surface area contributed by atoms with Gasteiger partial charge in [0.1, 0.15) is 5.82 Å². The fourth-order valence-electron chi connectivity index (χ4n) is 2.92. The van der Waals surface area contributed by atoms with Crippen LogP contribution in [0.1, 0.15) is 30.3 Å². The number of nitrogens with zero attached hydrogens (tertiary/aromatic N) is 3. The minimum Gasteiger partial charge on any atom is -0.393 e. The van der Waals surface area contributed by atoms with E-state index in [9.17, 15) is 14.3 Å². The van der Waals surface area contributed by atoms with Crippen LogP contribution in [0.15, 0.2) is 36.5 Å². The lowest BCUT2D eigenvalue weighted by molar-refractivity contribution is 0.0516. The van der Waals surface area contributed by atoms with Gasteiger partial charge in [0.25, 0.3) is 5.91 Å². The number of halogens is 1. The van der Waals surface area contributed by atoms with Gasteiger partial charge in [-0.05, 0) is 56.0 Å². The van der Waals surface area contributed by atoms with Crippen molar-refractivity contribution < 1.29 is 14.3 Å². The highest BCUT2D eigenvalue weighted by Crippen LogP contribution is 2.21. The molecule has 0 spiro atoms. The van der Waals surface area contributed by atoms with Gasteiger partial charge < -0.3 is 10.0 Å². The third-order valence-electron chi connectivity index (χ3n) is 4.41. The van der Waals surface area contributed by atoms with Gasteiger partial charge in [-0.25, -0.2) is 9.07 Å². The Morgan fingerprint density at radius 3 is 2.52 bits per heavy atom. The van der Waals surface area contributed by atoms with Crippen LogP contribution in [-0.4, -0.2) is 44.9 Å². The van der Waals surface area contributed by atoms with E-state index in [0.717, 1.165) is 12.8 Å². The van der Waals surface area contributed by atoms with E-state index in [1.807, 2.05) is 0 Å². The number of amides is 1. The molecular formula is C17H20FN3O2. The van der Waals surface area contributed by atoms with Gasteiger partial charge in [0.15, 0.2) is 5.69 Å². The maximum absolute atomic E-state index is 13.0. The Hall–Kier alpha value is -2.21. The molecule has 0 saturated carbocycles. The van der Waals surface area contributed by atoms with Crippen LogP contribution in [0.3, 0.4) is 0 Å². The van der Waals surface area contributed by atoms with E-state index in [4.69, 9.17) is 0 Å². The first-order valence-corrected chi connectivity index (χ1v) is 7.83. The molecular weight excluding hydrogens is 297 g/mol. The Morgan fingerprint density at radius 2 is 1.91 bits per heavy atom. The number of likely N-dealkylation sites (tertiary alicyclic amines) is 1. The Bertz CT molecular complexity index is 673. The predicted octanol–water partition coefficient (Wildman–Crippen LogP) is 2.24. The predicted molar refractivity (Wildman–Crippen MR) is 83.8 cm³/mol. The van der Waals surface area contributed by atoms with E-state index in [-0.39, 0.29) is 23.7 Å². The maximum atomic E-state index is 13.0. The summed E-state index contributed by atoms with van der Waals surface area (Å²) in [5.74, 6) is -0.149. The number of aliphatic hydroxyl groups excluding tert-OH is 1. The van der Waals surface area contributed by atoms with Crippen LogP contribution < -0.4 is 0 Å². The van der Waals surface area contributed by atoms with Crippen molar-refractivity contribution in [1.29, 1.82) is 0 Å². The van der Waals surface area contributed by atoms with Gasteiger partial charge in [-0.15, -0.1) is 0 Å². The lowest BCUT2D eigenvalue weighted by Crippen LogP contribution is -2.40. The van der Waals surface area contributed by atoms with Crippen molar-refractivity contribution in [2.45, 2.75) is 25.9 Å². The fraction of sp³-hybridized carbons (Fsp3) is 0.412. The number of rotatable bonds is 3. The molecule has 3 rings (SSSR count). The second-order valence-corrected chi connectivity index (χ2v) is 5.99. The van der Waals surface area contributed by atoms with Crippen molar-refractivity contribution in [3.63, 3.8) is 0 Å². The standard InChI is InChI=1S/C17H20FN3O2/c1-12(22)13-6-9-20(10-7-13)17(23)16-8-11-21(19-16)15-4-2-14(18)3-5-15/h2-5,8,11-13,22H,6-7,9-10H2,1H3. The summed E-state index contributed by atoms with van der Waals surface area (Å²) in [5, 5.41) is 13.9. The van der Waals surface area contributed by atoms with Crippen LogP contribution >= 0.6 is 0 Å². The highest BCUT2D eigenvalue weighted by Gasteiger charge is 2.27. The van der Waals surface area contributed by atoms with Crippen LogP contribution in [0, 0.1) is 11.7 Å². The molecule has 1 aliphatic heterocycles. The first-order chi connectivity index (χ1) is 11.0. The van der Waals surface area contributed by atoms with Gasteiger partial charge in [-0.2, -0.15) is 5.10 Å². The number of piperidine rings is 1. The zero-order valence-electron chi connectivity index (χ0n) is 13.0. The summed E-state index contributed by atoms with van der Waals surface area (Å²) in [5.41, 5.74) is 1.09. The molecule has 1 aromatic carbocycles. The minimum absolute atomic E-state index is 0.102. The molecule has 0 aliphatic carbocycles. The highest BCUT2D eigenvalue weighted by atomic mass is 19.1. The topological polar surface area (TPSA) is 58.4 Å². The fourth-order valence-corrected chi connectivity index (χ4v) is 2.92. The van der Waals surface area contributed by atoms with Gasteiger partial charge >= 0.3 is 0 Å². The Morgan fingerprint density at radius 1 is 1.26 bits per heavy atom. The summed E-state index contributed by atoms with van der Waals surface area (Å²) in [4.78, 5) is 14.3. The lowest BCUT2D eigenvalue weighted by Gasteiger charge is -2.32. The molecule has 1 unspecified atom stereocenters. The van der Waals surface area contributed by atoms with E-state index in [1.54, 1.807) is 40.9 Å². The van der Waals surface area contributed by atoms with Crippen LogP contribution in [-0.2, 0) is 0 Å². The monoisotopic (exact) mass is 317 g/mol. The van der Waals surface area contributed by atoms with E-state index in [1.165, 1.54) is 12.1 Å². The summed E-state index contributed by atoms with van der Waals surface area (Å²) < 4.78 is 14.5. The number of carbonyl (C=O) groups is 1. The van der Waals surface area contributed by atoms with E-state index in [0.29, 0.717) is 24.5 Å². The van der Waals surface area contributed by atoms with Crippen LogP contribution in [0.5, 0.6) is 0 Å². The normalized spacial score (nSPS) is 17.3. The number of aromatic nitrogens is 2. The second kappa shape index (κ2) is 6.50. The Labute approximate surface area is 134 Å². The molecule has 1 saturated heterocycles. The molecule has 1 aromatic heterocycles. The molecule has 1 atom stereocenters. The zero-order chi connectivity index (χ0) is 16.4. The van der Waals surface area contributed by atoms with Crippen LogP contribution in [0.4, 0.5) is 4.39 Å². The lowest BCUT2D eigenvalue weighted by atomic mass is 9.92. The molecule has 1 amide bonds. The first-order valence-electron chi connectivity index (χ1n) is 7.83. The molecule has 23 heavy (non-hydrogen) atoms. The largest absolute Gasteiger partial charge is 0.393 e. The smallest absolute Gasteiger partial charge is 0.274 e. The molecule has 122 valence electrons. The number of hydrogen-bond donors (Lipinski definition) is 1. The zero-order valence-corrected chi connectivity index (χ0v) is 13.0. The number of benzene rings is 1. The number of carbonyl (C=O) groups excluding carboxylic acids is 1. The van der Waals surface area contributed by atoms with Crippen molar-refractivity contribution in [3.8, 4) is 5.69 Å². The Kier molecular flexibility index (Phi) is 4.43. The molecule has 5 nitrogen and oxygen atoms in total. The third kappa shape index (κ3) is 3.42. The molecule has 0 bridgehead atoms. The van der Waals surface area contributed by atoms with Gasteiger partial charge in [-0.3, -0.25) is 4.79 Å². The third-order valence-corrected chi connectivity index (χ3v) is 4.41. The molecule has 1 N–H and O–H groups in total. The average molecular weight is 317 g/mol. The summed E-state index contributed by atoms with van der Waals surface area (Å²) in [6.07, 6.45) is 2.98. The molecule has 6 heteroatoms. The molecule has 0 radical (unpaired) electrons. The van der Waals surface area contributed by atoms with Crippen LogP contribution in [0.25, 0.3) is 5.69 Å². The second-order valence-electron chi connectivity index (χ2n) is 5.99. The molecule has 2 heterocycles. The van der Waals surface area contributed by atoms with Crippen molar-refractivity contribution in [2.75, 3.05) is 13.1 Å². The van der Waals surface area contributed by atoms with Gasteiger partial charge in [-0.1, -0.05) is 0 Å². The van der Waals surface area contributed by atoms with Crippen molar-refractivity contribution >= 4 is 5.91 Å². The van der Waals surface area contributed by atoms with Crippen molar-refractivity contribution in [2.24, 2.45) is 5.92 Å². The quantitative estimate of drug-likeness (QED) is 0.944. The SMILES string of the molecule is CC(O)C1CCN(C(=O)c2ccn(-c3ccc(F)cc3)n2)CC1. The van der Waals surface area contributed by atoms with E-state index < -0.39 is 0 Å². The first kappa shape index (κ1) is 15.7. The molecule has 2 aromatic rings. The number of hydrogen-bond acceptors (Lipinski definition) is 3. The highest BCUT2D eigenvalue weighted by molar-refractivity contribution is 5.92. The van der Waals surface area contributed by atoms with E-state index in [2.05, 4.69) is 5.10 Å². The van der Waals surface area contributed by atoms with Gasteiger partial charge in [0.2, 0.25) is 0 Å². The van der Waals surface area contributed by atoms with Crippen LogP contribution in [0.2, 0.25) is 0 Å². The van der Waals surface area contributed by atoms with E-state index >= 15 is 0 Å². The molecule has 1 aliphatic rings. The summed E-state index contributed by atoms with van der Waals surface area (Å²) in [7, 11) is 0. The van der Waals surface area contributed by atoms with Gasteiger partial charge in [0, 0.05) is 19.3 Å². The number of aliphatic hydroxyl groups is 1. The summed E-state index contributed by atoms with van der Waals surface area (Å²) in [6.45, 7) is 3.07.